The van der Waals surface area contributed by atoms with Gasteiger partial charge in [-0.3, -0.25) is 4.79 Å². The smallest absolute Gasteiger partial charge is 0.261 e. The van der Waals surface area contributed by atoms with Crippen molar-refractivity contribution in [1.82, 2.24) is 14.9 Å². The van der Waals surface area contributed by atoms with E-state index in [1.54, 1.807) is 6.08 Å². The maximum Gasteiger partial charge on any atom is 0.261 e. The standard InChI is InChI=1S/C30H26N4O/c1-21-10-12-22(13-11-21)19-34-20-25(27-7-3-5-9-29(27)34)16-24(17-31)30(35)32-15-14-23-18-33-28-8-4-2-6-26(23)28/h2-13,16,18,20,33H,14-15,19H2,1H3,(H,32,35)/b24-16-. The molecule has 0 fully saturated rings. The van der Waals surface area contributed by atoms with Crippen molar-refractivity contribution >= 4 is 33.8 Å². The zero-order valence-electron chi connectivity index (χ0n) is 19.6. The molecule has 35 heavy (non-hydrogen) atoms. The topological polar surface area (TPSA) is 73.6 Å². The number of aromatic nitrogens is 2. The van der Waals surface area contributed by atoms with E-state index < -0.39 is 0 Å². The van der Waals surface area contributed by atoms with Crippen LogP contribution in [-0.2, 0) is 17.8 Å². The van der Waals surface area contributed by atoms with E-state index in [1.165, 1.54) is 11.1 Å². The molecule has 0 aliphatic carbocycles. The molecule has 5 heteroatoms. The Kier molecular flexibility index (Phi) is 6.19. The number of nitriles is 1. The summed E-state index contributed by atoms with van der Waals surface area (Å²) in [6.45, 7) is 3.24. The van der Waals surface area contributed by atoms with Crippen LogP contribution in [0.25, 0.3) is 27.9 Å². The predicted molar refractivity (Wildman–Crippen MR) is 141 cm³/mol. The quantitative estimate of drug-likeness (QED) is 0.241. The zero-order valence-corrected chi connectivity index (χ0v) is 19.6. The molecule has 0 atom stereocenters. The molecule has 0 spiro atoms. The molecule has 0 unspecified atom stereocenters. The summed E-state index contributed by atoms with van der Waals surface area (Å²) in [5.41, 5.74) is 6.66. The number of amides is 1. The minimum Gasteiger partial charge on any atom is -0.361 e. The van der Waals surface area contributed by atoms with Gasteiger partial charge in [-0.05, 0) is 42.7 Å². The van der Waals surface area contributed by atoms with Crippen molar-refractivity contribution in [3.05, 3.63) is 113 Å². The van der Waals surface area contributed by atoms with Gasteiger partial charge in [0.05, 0.1) is 0 Å². The highest BCUT2D eigenvalue weighted by molar-refractivity contribution is 6.04. The lowest BCUT2D eigenvalue weighted by Crippen LogP contribution is -2.26. The molecular weight excluding hydrogens is 432 g/mol. The van der Waals surface area contributed by atoms with Crippen LogP contribution in [0.4, 0.5) is 0 Å². The molecular formula is C30H26N4O. The number of aryl methyl sites for hydroxylation is 1. The van der Waals surface area contributed by atoms with E-state index in [9.17, 15) is 10.1 Å². The largest absolute Gasteiger partial charge is 0.361 e. The SMILES string of the molecule is Cc1ccc(Cn2cc(/C=C(/C#N)C(=O)NCCc3c[nH]c4ccccc34)c3ccccc32)cc1. The fourth-order valence-corrected chi connectivity index (χ4v) is 4.46. The van der Waals surface area contributed by atoms with Gasteiger partial charge in [0.2, 0.25) is 0 Å². The number of benzene rings is 3. The Morgan fingerprint density at radius 3 is 2.57 bits per heavy atom. The molecule has 5 rings (SSSR count). The van der Waals surface area contributed by atoms with Crippen molar-refractivity contribution in [2.45, 2.75) is 19.9 Å². The first-order chi connectivity index (χ1) is 17.1. The number of para-hydroxylation sites is 2. The van der Waals surface area contributed by atoms with E-state index in [2.05, 4.69) is 64.3 Å². The molecule has 0 aliphatic rings. The summed E-state index contributed by atoms with van der Waals surface area (Å²) in [5.74, 6) is -0.359. The monoisotopic (exact) mass is 458 g/mol. The first kappa shape index (κ1) is 22.2. The average Bonchev–Trinajstić information content (AvgIpc) is 3.45. The minimum absolute atomic E-state index is 0.0992. The van der Waals surface area contributed by atoms with Gasteiger partial charge < -0.3 is 14.9 Å². The lowest BCUT2D eigenvalue weighted by molar-refractivity contribution is -0.117. The predicted octanol–water partition coefficient (Wildman–Crippen LogP) is 5.75. The second-order valence-corrected chi connectivity index (χ2v) is 8.75. The summed E-state index contributed by atoms with van der Waals surface area (Å²) < 4.78 is 2.16. The van der Waals surface area contributed by atoms with Crippen LogP contribution in [0.15, 0.2) is 90.8 Å². The average molecular weight is 459 g/mol. The van der Waals surface area contributed by atoms with Crippen LogP contribution < -0.4 is 5.32 Å². The Labute approximate surface area is 204 Å². The van der Waals surface area contributed by atoms with E-state index in [0.29, 0.717) is 19.5 Å². The summed E-state index contributed by atoms with van der Waals surface area (Å²) in [6.07, 6.45) is 6.36. The van der Waals surface area contributed by atoms with Gasteiger partial charge in [0.15, 0.2) is 0 Å². The van der Waals surface area contributed by atoms with Gasteiger partial charge in [-0.25, -0.2) is 0 Å². The normalized spacial score (nSPS) is 11.6. The van der Waals surface area contributed by atoms with Gasteiger partial charge >= 0.3 is 0 Å². The molecule has 0 bridgehead atoms. The summed E-state index contributed by atoms with van der Waals surface area (Å²) >= 11 is 0. The third kappa shape index (κ3) is 4.73. The molecule has 172 valence electrons. The third-order valence-corrected chi connectivity index (χ3v) is 6.31. The van der Waals surface area contributed by atoms with Crippen LogP contribution in [0.3, 0.4) is 0 Å². The Bertz CT molecular complexity index is 1580. The number of nitrogens with zero attached hydrogens (tertiary/aromatic N) is 2. The van der Waals surface area contributed by atoms with Gasteiger partial charge in [-0.2, -0.15) is 5.26 Å². The van der Waals surface area contributed by atoms with Crippen LogP contribution in [0.5, 0.6) is 0 Å². The first-order valence-corrected chi connectivity index (χ1v) is 11.7. The number of carbonyl (C=O) groups excluding carboxylic acids is 1. The Hall–Kier alpha value is -4.56. The first-order valence-electron chi connectivity index (χ1n) is 11.7. The van der Waals surface area contributed by atoms with E-state index in [-0.39, 0.29) is 11.5 Å². The maximum atomic E-state index is 12.8. The third-order valence-electron chi connectivity index (χ3n) is 6.31. The van der Waals surface area contributed by atoms with Gasteiger partial charge in [0.25, 0.3) is 5.91 Å². The molecule has 5 nitrogen and oxygen atoms in total. The van der Waals surface area contributed by atoms with Crippen molar-refractivity contribution < 1.29 is 4.79 Å². The van der Waals surface area contributed by atoms with Crippen LogP contribution in [0.2, 0.25) is 0 Å². The second-order valence-electron chi connectivity index (χ2n) is 8.75. The molecule has 5 aromatic rings. The van der Waals surface area contributed by atoms with Gasteiger partial charge in [-0.1, -0.05) is 66.2 Å². The molecule has 0 saturated carbocycles. The van der Waals surface area contributed by atoms with E-state index >= 15 is 0 Å². The number of aromatic amines is 1. The van der Waals surface area contributed by atoms with Gasteiger partial charge in [0.1, 0.15) is 11.6 Å². The lowest BCUT2D eigenvalue weighted by Gasteiger charge is -2.06. The lowest BCUT2D eigenvalue weighted by atomic mass is 10.1. The fraction of sp³-hybridized carbons (Fsp3) is 0.133. The Balaban J connectivity index is 1.34. The summed E-state index contributed by atoms with van der Waals surface area (Å²) in [5, 5.41) is 14.8. The fourth-order valence-electron chi connectivity index (χ4n) is 4.46. The number of fused-ring (bicyclic) bond motifs is 2. The summed E-state index contributed by atoms with van der Waals surface area (Å²) in [4.78, 5) is 16.1. The molecule has 2 heterocycles. The Morgan fingerprint density at radius 1 is 1.03 bits per heavy atom. The number of hydrogen-bond acceptors (Lipinski definition) is 2. The van der Waals surface area contributed by atoms with Gasteiger partial charge in [-0.15, -0.1) is 0 Å². The second kappa shape index (κ2) is 9.74. The number of hydrogen-bond donors (Lipinski definition) is 2. The Morgan fingerprint density at radius 2 is 1.77 bits per heavy atom. The summed E-state index contributed by atoms with van der Waals surface area (Å²) in [7, 11) is 0. The van der Waals surface area contributed by atoms with Crippen molar-refractivity contribution in [2.75, 3.05) is 6.54 Å². The highest BCUT2D eigenvalue weighted by Gasteiger charge is 2.13. The van der Waals surface area contributed by atoms with E-state index in [0.717, 1.165) is 32.9 Å². The van der Waals surface area contributed by atoms with E-state index in [4.69, 9.17) is 0 Å². The molecule has 3 aromatic carbocycles. The zero-order chi connectivity index (χ0) is 24.2. The minimum atomic E-state index is -0.359. The molecule has 2 N–H and O–H groups in total. The molecule has 2 aromatic heterocycles. The number of carbonyl (C=O) groups is 1. The highest BCUT2D eigenvalue weighted by atomic mass is 16.1. The van der Waals surface area contributed by atoms with Crippen molar-refractivity contribution in [2.24, 2.45) is 0 Å². The molecule has 1 amide bonds. The van der Waals surface area contributed by atoms with Gasteiger partial charge in [0, 0.05) is 52.9 Å². The van der Waals surface area contributed by atoms with Crippen molar-refractivity contribution in [3.8, 4) is 6.07 Å². The highest BCUT2D eigenvalue weighted by Crippen LogP contribution is 2.25. The summed E-state index contributed by atoms with van der Waals surface area (Å²) in [6, 6.07) is 26.7. The maximum absolute atomic E-state index is 12.8. The van der Waals surface area contributed by atoms with Crippen molar-refractivity contribution in [1.29, 1.82) is 5.26 Å². The number of nitrogens with one attached hydrogen (secondary N) is 2. The van der Waals surface area contributed by atoms with Crippen molar-refractivity contribution in [3.63, 3.8) is 0 Å². The van der Waals surface area contributed by atoms with Crippen LogP contribution in [-0.4, -0.2) is 22.0 Å². The van der Waals surface area contributed by atoms with E-state index in [1.807, 2.05) is 48.8 Å². The van der Waals surface area contributed by atoms with Crippen LogP contribution in [0, 0.1) is 18.3 Å². The number of rotatable bonds is 7. The van der Waals surface area contributed by atoms with Crippen LogP contribution >= 0.6 is 0 Å². The molecule has 0 radical (unpaired) electrons. The molecule has 0 saturated heterocycles. The molecule has 0 aliphatic heterocycles. The van der Waals surface area contributed by atoms with Crippen LogP contribution in [0.1, 0.15) is 22.3 Å². The number of H-pyrrole nitrogens is 1.